The lowest BCUT2D eigenvalue weighted by atomic mass is 9.66. The van der Waals surface area contributed by atoms with E-state index < -0.39 is 28.7 Å². The average Bonchev–Trinajstić information content (AvgIpc) is 3.23. The fraction of sp³-hybridized carbons (Fsp3) is 0.864. The Hall–Kier alpha value is -1.28. The Bertz CT molecular complexity index is 716. The van der Waals surface area contributed by atoms with Crippen LogP contribution in [-0.4, -0.2) is 69.0 Å². The molecule has 3 N–H and O–H groups in total. The first-order valence-corrected chi connectivity index (χ1v) is 12.0. The summed E-state index contributed by atoms with van der Waals surface area (Å²) in [4.78, 5) is 41.9. The fourth-order valence-electron chi connectivity index (χ4n) is 6.02. The van der Waals surface area contributed by atoms with E-state index in [-0.39, 0.29) is 41.0 Å². The maximum atomic E-state index is 13.8. The van der Waals surface area contributed by atoms with Gasteiger partial charge in [-0.3, -0.25) is 14.4 Å². The Morgan fingerprint density at radius 3 is 2.47 bits per heavy atom. The molecule has 30 heavy (non-hydrogen) atoms. The molecular formula is C22H37N3O4S. The number of likely N-dealkylation sites (tertiary alicyclic amines) is 1. The van der Waals surface area contributed by atoms with Crippen molar-refractivity contribution in [3.8, 4) is 0 Å². The maximum Gasteiger partial charge on any atom is 0.244 e. The van der Waals surface area contributed by atoms with Crippen molar-refractivity contribution in [1.29, 1.82) is 0 Å². The maximum absolute atomic E-state index is 13.8. The molecular weight excluding hydrogens is 402 g/mol. The van der Waals surface area contributed by atoms with Gasteiger partial charge in [-0.25, -0.2) is 0 Å². The van der Waals surface area contributed by atoms with Crippen LogP contribution in [0.1, 0.15) is 60.3 Å². The van der Waals surface area contributed by atoms with E-state index in [1.807, 2.05) is 20.8 Å². The minimum atomic E-state index is -0.671. The number of aliphatic hydroxyl groups excluding tert-OH is 1. The molecule has 170 valence electrons. The van der Waals surface area contributed by atoms with Gasteiger partial charge in [0, 0.05) is 17.8 Å². The summed E-state index contributed by atoms with van der Waals surface area (Å²) in [5.74, 6) is -1.44. The zero-order valence-corrected chi connectivity index (χ0v) is 19.8. The van der Waals surface area contributed by atoms with Gasteiger partial charge in [-0.05, 0) is 39.0 Å². The highest BCUT2D eigenvalue weighted by atomic mass is 32.2. The van der Waals surface area contributed by atoms with E-state index in [2.05, 4.69) is 24.5 Å². The SMILES string of the molecule is CCCC(C)NC(=O)C1N([C@@H](CO)C(C)C)C(=O)[C@@H]2[C@@H](C(=O)NC)[C@@]3(C)CCC12S3. The molecule has 0 aliphatic carbocycles. The average molecular weight is 440 g/mol. The number of nitrogens with zero attached hydrogens (tertiary/aromatic N) is 1. The van der Waals surface area contributed by atoms with Gasteiger partial charge in [-0.2, -0.15) is 0 Å². The second-order valence-corrected chi connectivity index (χ2v) is 11.7. The molecule has 3 heterocycles. The van der Waals surface area contributed by atoms with Crippen molar-refractivity contribution in [2.24, 2.45) is 17.8 Å². The van der Waals surface area contributed by atoms with Crippen LogP contribution in [-0.2, 0) is 14.4 Å². The van der Waals surface area contributed by atoms with Gasteiger partial charge in [-0.15, -0.1) is 11.8 Å². The van der Waals surface area contributed by atoms with Gasteiger partial charge in [0.05, 0.1) is 29.2 Å². The van der Waals surface area contributed by atoms with Gasteiger partial charge < -0.3 is 20.6 Å². The third-order valence-corrected chi connectivity index (χ3v) is 9.40. The number of carbonyl (C=O) groups is 3. The lowest BCUT2D eigenvalue weighted by molar-refractivity contribution is -0.144. The third kappa shape index (κ3) is 3.34. The minimum Gasteiger partial charge on any atom is -0.394 e. The van der Waals surface area contributed by atoms with Crippen LogP contribution in [0.25, 0.3) is 0 Å². The Kier molecular flexibility index (Phi) is 6.50. The number of aliphatic hydroxyl groups is 1. The highest BCUT2D eigenvalue weighted by molar-refractivity contribution is 8.02. The number of nitrogens with one attached hydrogen (secondary N) is 2. The number of rotatable bonds is 8. The molecule has 0 aromatic carbocycles. The third-order valence-electron chi connectivity index (χ3n) is 7.42. The first-order valence-electron chi connectivity index (χ1n) is 11.2. The van der Waals surface area contributed by atoms with Crippen LogP contribution in [0.2, 0.25) is 0 Å². The van der Waals surface area contributed by atoms with Crippen molar-refractivity contribution in [3.05, 3.63) is 0 Å². The fourth-order valence-corrected chi connectivity index (χ4v) is 8.37. The lowest BCUT2D eigenvalue weighted by Gasteiger charge is -2.39. The second kappa shape index (κ2) is 8.34. The van der Waals surface area contributed by atoms with E-state index in [1.165, 1.54) is 0 Å². The second-order valence-electron chi connectivity index (χ2n) is 9.78. The Balaban J connectivity index is 2.08. The summed E-state index contributed by atoms with van der Waals surface area (Å²) < 4.78 is -0.978. The summed E-state index contributed by atoms with van der Waals surface area (Å²) in [5, 5.41) is 16.0. The van der Waals surface area contributed by atoms with Gasteiger partial charge in [0.25, 0.3) is 0 Å². The van der Waals surface area contributed by atoms with Crippen molar-refractivity contribution >= 4 is 29.5 Å². The number of hydrogen-bond acceptors (Lipinski definition) is 5. The van der Waals surface area contributed by atoms with E-state index in [0.29, 0.717) is 0 Å². The van der Waals surface area contributed by atoms with E-state index in [1.54, 1.807) is 23.7 Å². The van der Waals surface area contributed by atoms with E-state index in [0.717, 1.165) is 25.7 Å². The number of thioether (sulfide) groups is 1. The normalized spacial score (nSPS) is 36.7. The van der Waals surface area contributed by atoms with Crippen LogP contribution in [0.4, 0.5) is 0 Å². The Labute approximate surface area is 184 Å². The number of carbonyl (C=O) groups excluding carboxylic acids is 3. The quantitative estimate of drug-likeness (QED) is 0.533. The summed E-state index contributed by atoms with van der Waals surface area (Å²) in [6.07, 6.45) is 3.35. The molecule has 3 unspecified atom stereocenters. The van der Waals surface area contributed by atoms with Crippen LogP contribution in [0.5, 0.6) is 0 Å². The smallest absolute Gasteiger partial charge is 0.244 e. The van der Waals surface area contributed by atoms with Crippen LogP contribution in [0.15, 0.2) is 0 Å². The predicted molar refractivity (Wildman–Crippen MR) is 118 cm³/mol. The monoisotopic (exact) mass is 439 g/mol. The summed E-state index contributed by atoms with van der Waals surface area (Å²) in [6.45, 7) is 9.83. The highest BCUT2D eigenvalue weighted by Gasteiger charge is 2.77. The first-order chi connectivity index (χ1) is 14.1. The Morgan fingerprint density at radius 1 is 1.27 bits per heavy atom. The molecule has 0 aromatic rings. The van der Waals surface area contributed by atoms with Crippen molar-refractivity contribution in [3.63, 3.8) is 0 Å². The molecule has 3 rings (SSSR count). The van der Waals surface area contributed by atoms with E-state index >= 15 is 0 Å². The number of hydrogen-bond donors (Lipinski definition) is 3. The zero-order valence-electron chi connectivity index (χ0n) is 19.0. The molecule has 7 atom stereocenters. The molecule has 1 spiro atoms. The summed E-state index contributed by atoms with van der Waals surface area (Å²) >= 11 is 1.66. The summed E-state index contributed by atoms with van der Waals surface area (Å²) in [6, 6.07) is -1.11. The first kappa shape index (κ1) is 23.4. The van der Waals surface area contributed by atoms with Crippen molar-refractivity contribution in [2.45, 2.75) is 87.9 Å². The van der Waals surface area contributed by atoms with Crippen LogP contribution >= 0.6 is 11.8 Å². The van der Waals surface area contributed by atoms with Gasteiger partial charge >= 0.3 is 0 Å². The van der Waals surface area contributed by atoms with Crippen LogP contribution < -0.4 is 10.6 Å². The summed E-state index contributed by atoms with van der Waals surface area (Å²) in [5.41, 5.74) is 0. The van der Waals surface area contributed by atoms with Gasteiger partial charge in [0.15, 0.2) is 0 Å². The molecule has 0 aromatic heterocycles. The molecule has 3 fully saturated rings. The van der Waals surface area contributed by atoms with Crippen LogP contribution in [0.3, 0.4) is 0 Å². The van der Waals surface area contributed by atoms with Gasteiger partial charge in [-0.1, -0.05) is 27.2 Å². The predicted octanol–water partition coefficient (Wildman–Crippen LogP) is 1.54. The molecule has 7 nitrogen and oxygen atoms in total. The number of amides is 3. The van der Waals surface area contributed by atoms with Crippen molar-refractivity contribution in [1.82, 2.24) is 15.5 Å². The lowest BCUT2D eigenvalue weighted by Crippen LogP contribution is -2.58. The van der Waals surface area contributed by atoms with Gasteiger partial charge in [0.1, 0.15) is 6.04 Å². The molecule has 8 heteroatoms. The minimum absolute atomic E-state index is 0.00576. The number of fused-ring (bicyclic) bond motifs is 1. The highest BCUT2D eigenvalue weighted by Crippen LogP contribution is 2.71. The van der Waals surface area contributed by atoms with Crippen molar-refractivity contribution < 1.29 is 19.5 Å². The zero-order chi connectivity index (χ0) is 22.4. The molecule has 0 radical (unpaired) electrons. The topological polar surface area (TPSA) is 98.7 Å². The summed E-state index contributed by atoms with van der Waals surface area (Å²) in [7, 11) is 1.60. The molecule has 3 aliphatic rings. The molecule has 3 amide bonds. The van der Waals surface area contributed by atoms with Gasteiger partial charge in [0.2, 0.25) is 17.7 Å². The molecule has 2 bridgehead atoms. The molecule has 3 saturated heterocycles. The Morgan fingerprint density at radius 2 is 1.93 bits per heavy atom. The largest absolute Gasteiger partial charge is 0.394 e. The van der Waals surface area contributed by atoms with E-state index in [4.69, 9.17) is 0 Å². The molecule has 3 aliphatic heterocycles. The van der Waals surface area contributed by atoms with E-state index in [9.17, 15) is 19.5 Å². The van der Waals surface area contributed by atoms with Crippen molar-refractivity contribution in [2.75, 3.05) is 13.7 Å². The van der Waals surface area contributed by atoms with Crippen LogP contribution in [0, 0.1) is 17.8 Å². The standard InChI is InChI=1S/C22H37N3O4S/c1-7-8-13(4)24-19(28)17-22-10-9-21(5,30-22)15(18(27)23-6)16(22)20(29)25(17)14(11-26)12(2)3/h12-17,26H,7-11H2,1-6H3,(H,23,27)(H,24,28)/t13?,14-,15-,16-,17?,21+,22?/m0/s1. The molecule has 0 saturated carbocycles.